The first-order chi connectivity index (χ1) is 12.8. The van der Waals surface area contributed by atoms with Gasteiger partial charge in [0.05, 0.1) is 20.2 Å². The van der Waals surface area contributed by atoms with Crippen molar-refractivity contribution >= 4 is 40.8 Å². The van der Waals surface area contributed by atoms with Crippen molar-refractivity contribution in [3.05, 3.63) is 60.3 Å². The predicted molar refractivity (Wildman–Crippen MR) is 120 cm³/mol. The van der Waals surface area contributed by atoms with Gasteiger partial charge in [-0.05, 0) is 41.8 Å². The summed E-state index contributed by atoms with van der Waals surface area (Å²) in [4.78, 5) is 7.63. The molecule has 7 heteroatoms. The van der Waals surface area contributed by atoms with Gasteiger partial charge in [-0.15, -0.1) is 24.0 Å². The summed E-state index contributed by atoms with van der Waals surface area (Å²) >= 11 is 0. The van der Waals surface area contributed by atoms with Crippen LogP contribution in [-0.2, 0) is 6.54 Å². The third-order valence-corrected chi connectivity index (χ3v) is 3.98. The molecule has 0 atom stereocenters. The Morgan fingerprint density at radius 2 is 1.78 bits per heavy atom. The quantitative estimate of drug-likeness (QED) is 0.210. The Bertz CT molecular complexity index is 829. The van der Waals surface area contributed by atoms with Crippen LogP contribution >= 0.6 is 24.0 Å². The Balaban J connectivity index is 0.00000261. The van der Waals surface area contributed by atoms with E-state index in [1.807, 2.05) is 36.4 Å². The number of hydrogen-bond acceptors (Lipinski definition) is 3. The lowest BCUT2D eigenvalue weighted by Crippen LogP contribution is -2.38. The van der Waals surface area contributed by atoms with Crippen molar-refractivity contribution in [2.24, 2.45) is 4.99 Å². The number of ether oxygens (including phenoxy) is 2. The van der Waals surface area contributed by atoms with Crippen molar-refractivity contribution in [1.29, 1.82) is 0 Å². The molecule has 3 aromatic rings. The first kappa shape index (κ1) is 20.9. The Morgan fingerprint density at radius 1 is 1.04 bits per heavy atom. The van der Waals surface area contributed by atoms with Crippen LogP contribution in [0.5, 0.6) is 11.5 Å². The van der Waals surface area contributed by atoms with Crippen molar-refractivity contribution in [1.82, 2.24) is 15.6 Å². The van der Waals surface area contributed by atoms with E-state index in [1.165, 1.54) is 5.39 Å². The van der Waals surface area contributed by atoms with Crippen LogP contribution in [0, 0.1) is 0 Å². The largest absolute Gasteiger partial charge is 0.497 e. The van der Waals surface area contributed by atoms with E-state index in [0.29, 0.717) is 19.7 Å². The maximum atomic E-state index is 5.70. The molecule has 1 heterocycles. The number of fused-ring (bicyclic) bond motifs is 1. The standard InChI is InChI=1S/C20H24N4O2.HI/c1-21-20(22-11-12-26-18-9-7-17(25-2)8-10-18)23-14-16-13-15-5-3-4-6-19(15)24-16;/h3-10,13,24H,11-12,14H2,1-2H3,(H2,21,22,23);1H. The third-order valence-electron chi connectivity index (χ3n) is 3.98. The molecule has 0 amide bonds. The van der Waals surface area contributed by atoms with Crippen molar-refractivity contribution in [2.75, 3.05) is 27.3 Å². The molecule has 6 nitrogen and oxygen atoms in total. The highest BCUT2D eigenvalue weighted by molar-refractivity contribution is 14.0. The third kappa shape index (κ3) is 6.06. The van der Waals surface area contributed by atoms with Gasteiger partial charge in [-0.25, -0.2) is 0 Å². The van der Waals surface area contributed by atoms with Gasteiger partial charge < -0.3 is 25.1 Å². The molecule has 0 saturated carbocycles. The summed E-state index contributed by atoms with van der Waals surface area (Å²) < 4.78 is 10.8. The van der Waals surface area contributed by atoms with E-state index in [9.17, 15) is 0 Å². The molecule has 3 rings (SSSR count). The number of benzene rings is 2. The molecule has 27 heavy (non-hydrogen) atoms. The Hall–Kier alpha value is -2.42. The fraction of sp³-hybridized carbons (Fsp3) is 0.250. The van der Waals surface area contributed by atoms with Crippen LogP contribution in [0.2, 0.25) is 0 Å². The molecule has 1 aromatic heterocycles. The number of aromatic amines is 1. The van der Waals surface area contributed by atoms with Gasteiger partial charge >= 0.3 is 0 Å². The van der Waals surface area contributed by atoms with Gasteiger partial charge in [0, 0.05) is 18.3 Å². The molecule has 0 spiro atoms. The summed E-state index contributed by atoms with van der Waals surface area (Å²) in [7, 11) is 3.40. The number of aliphatic imine (C=N–C) groups is 1. The fourth-order valence-corrected chi connectivity index (χ4v) is 2.64. The fourth-order valence-electron chi connectivity index (χ4n) is 2.64. The zero-order valence-electron chi connectivity index (χ0n) is 15.5. The van der Waals surface area contributed by atoms with E-state index in [-0.39, 0.29) is 24.0 Å². The number of H-pyrrole nitrogens is 1. The zero-order valence-corrected chi connectivity index (χ0v) is 17.8. The topological polar surface area (TPSA) is 70.7 Å². The van der Waals surface area contributed by atoms with E-state index >= 15 is 0 Å². The molecular formula is C20H25IN4O2. The Morgan fingerprint density at radius 3 is 2.48 bits per heavy atom. The lowest BCUT2D eigenvalue weighted by molar-refractivity contribution is 0.321. The van der Waals surface area contributed by atoms with Crippen LogP contribution in [0.15, 0.2) is 59.6 Å². The number of para-hydroxylation sites is 1. The second-order valence-electron chi connectivity index (χ2n) is 5.76. The SMILES string of the molecule is CN=C(NCCOc1ccc(OC)cc1)NCc1cc2ccccc2[nH]1.I. The lowest BCUT2D eigenvalue weighted by atomic mass is 10.2. The molecular weight excluding hydrogens is 455 g/mol. The number of aromatic nitrogens is 1. The molecule has 0 radical (unpaired) electrons. The van der Waals surface area contributed by atoms with E-state index in [0.717, 1.165) is 28.7 Å². The monoisotopic (exact) mass is 480 g/mol. The van der Waals surface area contributed by atoms with E-state index < -0.39 is 0 Å². The minimum absolute atomic E-state index is 0. The summed E-state index contributed by atoms with van der Waals surface area (Å²) in [5.74, 6) is 2.37. The maximum Gasteiger partial charge on any atom is 0.191 e. The molecule has 144 valence electrons. The van der Waals surface area contributed by atoms with Crippen LogP contribution in [-0.4, -0.2) is 38.3 Å². The van der Waals surface area contributed by atoms with E-state index in [2.05, 4.69) is 38.8 Å². The van der Waals surface area contributed by atoms with Gasteiger partial charge in [0.1, 0.15) is 18.1 Å². The van der Waals surface area contributed by atoms with Gasteiger partial charge in [0.15, 0.2) is 5.96 Å². The molecule has 0 saturated heterocycles. The van der Waals surface area contributed by atoms with Crippen molar-refractivity contribution in [3.8, 4) is 11.5 Å². The van der Waals surface area contributed by atoms with Crippen LogP contribution < -0.4 is 20.1 Å². The van der Waals surface area contributed by atoms with Gasteiger partial charge in [0.2, 0.25) is 0 Å². The summed E-state index contributed by atoms with van der Waals surface area (Å²) in [6.45, 7) is 1.87. The Labute approximate surface area is 176 Å². The summed E-state index contributed by atoms with van der Waals surface area (Å²) in [6, 6.07) is 17.9. The maximum absolute atomic E-state index is 5.70. The van der Waals surface area contributed by atoms with Crippen LogP contribution in [0.3, 0.4) is 0 Å². The van der Waals surface area contributed by atoms with Crippen molar-refractivity contribution in [3.63, 3.8) is 0 Å². The predicted octanol–water partition coefficient (Wildman–Crippen LogP) is 3.54. The second-order valence-corrected chi connectivity index (χ2v) is 5.76. The molecule has 0 aliphatic rings. The minimum Gasteiger partial charge on any atom is -0.497 e. The highest BCUT2D eigenvalue weighted by Gasteiger charge is 2.02. The molecule has 0 bridgehead atoms. The molecule has 3 N–H and O–H groups in total. The number of halogens is 1. The second kappa shape index (κ2) is 10.7. The van der Waals surface area contributed by atoms with Gasteiger partial charge in [-0.3, -0.25) is 4.99 Å². The highest BCUT2D eigenvalue weighted by atomic mass is 127. The minimum atomic E-state index is 0. The average molecular weight is 480 g/mol. The molecule has 2 aromatic carbocycles. The summed E-state index contributed by atoms with van der Waals surface area (Å²) in [6.07, 6.45) is 0. The Kier molecular flexibility index (Phi) is 8.25. The number of guanidine groups is 1. The smallest absolute Gasteiger partial charge is 0.191 e. The molecule has 0 aliphatic heterocycles. The lowest BCUT2D eigenvalue weighted by Gasteiger charge is -2.12. The van der Waals surface area contributed by atoms with Crippen LogP contribution in [0.25, 0.3) is 10.9 Å². The number of nitrogens with one attached hydrogen (secondary N) is 3. The van der Waals surface area contributed by atoms with E-state index in [4.69, 9.17) is 9.47 Å². The van der Waals surface area contributed by atoms with Crippen molar-refractivity contribution in [2.45, 2.75) is 6.54 Å². The molecule has 0 aliphatic carbocycles. The van der Waals surface area contributed by atoms with E-state index in [1.54, 1.807) is 14.2 Å². The molecule has 0 unspecified atom stereocenters. The first-order valence-corrected chi connectivity index (χ1v) is 8.56. The summed E-state index contributed by atoms with van der Waals surface area (Å²) in [5.41, 5.74) is 2.25. The van der Waals surface area contributed by atoms with Gasteiger partial charge in [-0.2, -0.15) is 0 Å². The molecule has 0 fully saturated rings. The first-order valence-electron chi connectivity index (χ1n) is 8.56. The highest BCUT2D eigenvalue weighted by Crippen LogP contribution is 2.16. The number of methoxy groups -OCH3 is 1. The van der Waals surface area contributed by atoms with Gasteiger partial charge in [0.25, 0.3) is 0 Å². The summed E-state index contributed by atoms with van der Waals surface area (Å²) in [5, 5.41) is 7.75. The average Bonchev–Trinajstić information content (AvgIpc) is 3.11. The number of nitrogens with zero attached hydrogens (tertiary/aromatic N) is 1. The van der Waals surface area contributed by atoms with Crippen molar-refractivity contribution < 1.29 is 9.47 Å². The van der Waals surface area contributed by atoms with Crippen LogP contribution in [0.4, 0.5) is 0 Å². The number of hydrogen-bond donors (Lipinski definition) is 3. The van der Waals surface area contributed by atoms with Gasteiger partial charge in [-0.1, -0.05) is 18.2 Å². The zero-order chi connectivity index (χ0) is 18.2. The number of rotatable bonds is 7. The van der Waals surface area contributed by atoms with Crippen LogP contribution in [0.1, 0.15) is 5.69 Å². The normalized spacial score (nSPS) is 11.0.